The van der Waals surface area contributed by atoms with Gasteiger partial charge in [-0.1, -0.05) is 42.1 Å². The van der Waals surface area contributed by atoms with Crippen molar-refractivity contribution in [2.45, 2.75) is 23.5 Å². The van der Waals surface area contributed by atoms with Gasteiger partial charge in [-0.05, 0) is 19.1 Å². The third-order valence-electron chi connectivity index (χ3n) is 3.41. The number of fused-ring (bicyclic) bond motifs is 1. The van der Waals surface area contributed by atoms with Crippen molar-refractivity contribution in [1.82, 2.24) is 14.6 Å². The SMILES string of the molecule is CC(Sc1nnc2ccc(C(F)(F)F)cn12)C(=O)c1ccccc1. The molecule has 8 heteroatoms. The third-order valence-corrected chi connectivity index (χ3v) is 4.46. The number of Topliss-reactive ketones (excluding diaryl/α,β-unsaturated/α-hetero) is 1. The number of nitrogens with zero attached hydrogens (tertiary/aromatic N) is 3. The Kier molecular flexibility index (Phi) is 4.31. The van der Waals surface area contributed by atoms with Gasteiger partial charge in [-0.2, -0.15) is 13.2 Å². The molecular weight excluding hydrogens is 339 g/mol. The van der Waals surface area contributed by atoms with Crippen LogP contribution in [0.4, 0.5) is 13.2 Å². The molecule has 0 fully saturated rings. The predicted octanol–water partition coefficient (Wildman–Crippen LogP) is 4.11. The highest BCUT2D eigenvalue weighted by Gasteiger charge is 2.31. The first-order chi connectivity index (χ1) is 11.4. The predicted molar refractivity (Wildman–Crippen MR) is 84.1 cm³/mol. The lowest BCUT2D eigenvalue weighted by Crippen LogP contribution is -2.14. The first-order valence-electron chi connectivity index (χ1n) is 7.04. The molecule has 24 heavy (non-hydrogen) atoms. The van der Waals surface area contributed by atoms with Crippen LogP contribution >= 0.6 is 11.8 Å². The molecule has 0 aliphatic heterocycles. The Morgan fingerprint density at radius 2 is 1.83 bits per heavy atom. The molecule has 1 unspecified atom stereocenters. The number of carbonyl (C=O) groups excluding carboxylic acids is 1. The van der Waals surface area contributed by atoms with Gasteiger partial charge < -0.3 is 0 Å². The number of aromatic nitrogens is 3. The van der Waals surface area contributed by atoms with E-state index in [9.17, 15) is 18.0 Å². The molecule has 0 aliphatic rings. The number of hydrogen-bond acceptors (Lipinski definition) is 4. The second-order valence-corrected chi connectivity index (χ2v) is 6.42. The van der Waals surface area contributed by atoms with Crippen molar-refractivity contribution in [2.24, 2.45) is 0 Å². The van der Waals surface area contributed by atoms with E-state index in [1.807, 2.05) is 0 Å². The fraction of sp³-hybridized carbons (Fsp3) is 0.188. The van der Waals surface area contributed by atoms with Crippen molar-refractivity contribution in [3.63, 3.8) is 0 Å². The molecule has 0 saturated carbocycles. The molecule has 0 aliphatic carbocycles. The molecule has 2 heterocycles. The van der Waals surface area contributed by atoms with E-state index in [0.29, 0.717) is 11.2 Å². The second kappa shape index (κ2) is 6.27. The van der Waals surface area contributed by atoms with E-state index in [-0.39, 0.29) is 10.9 Å². The fourth-order valence-corrected chi connectivity index (χ4v) is 3.07. The van der Waals surface area contributed by atoms with Gasteiger partial charge in [0, 0.05) is 11.8 Å². The Morgan fingerprint density at radius 1 is 1.12 bits per heavy atom. The molecule has 0 spiro atoms. The molecule has 0 N–H and O–H groups in total. The number of pyridine rings is 1. The first-order valence-corrected chi connectivity index (χ1v) is 7.92. The molecule has 1 aromatic carbocycles. The van der Waals surface area contributed by atoms with Gasteiger partial charge in [0.15, 0.2) is 16.6 Å². The summed E-state index contributed by atoms with van der Waals surface area (Å²) in [6.45, 7) is 1.69. The normalized spacial score (nSPS) is 13.2. The van der Waals surface area contributed by atoms with Crippen LogP contribution < -0.4 is 0 Å². The zero-order valence-electron chi connectivity index (χ0n) is 12.5. The molecule has 1 atom stereocenters. The minimum absolute atomic E-state index is 0.121. The minimum Gasteiger partial charge on any atom is -0.293 e. The topological polar surface area (TPSA) is 47.3 Å². The minimum atomic E-state index is -4.45. The number of thioether (sulfide) groups is 1. The number of carbonyl (C=O) groups is 1. The van der Waals surface area contributed by atoms with Gasteiger partial charge in [-0.3, -0.25) is 9.20 Å². The van der Waals surface area contributed by atoms with Crippen LogP contribution in [0.3, 0.4) is 0 Å². The second-order valence-electron chi connectivity index (χ2n) is 5.12. The molecule has 3 rings (SSSR count). The molecule has 0 amide bonds. The molecular formula is C16H12F3N3OS. The number of hydrogen-bond donors (Lipinski definition) is 0. The Balaban J connectivity index is 1.88. The number of ketones is 1. The van der Waals surface area contributed by atoms with Crippen LogP contribution in [0.25, 0.3) is 5.65 Å². The Morgan fingerprint density at radius 3 is 2.50 bits per heavy atom. The highest BCUT2D eigenvalue weighted by atomic mass is 32.2. The Hall–Kier alpha value is -2.35. The van der Waals surface area contributed by atoms with Gasteiger partial charge in [0.05, 0.1) is 10.8 Å². The van der Waals surface area contributed by atoms with Crippen molar-refractivity contribution >= 4 is 23.2 Å². The molecule has 0 saturated heterocycles. The average molecular weight is 351 g/mol. The summed E-state index contributed by atoms with van der Waals surface area (Å²) in [6, 6.07) is 10.9. The summed E-state index contributed by atoms with van der Waals surface area (Å²) in [5, 5.41) is 7.47. The van der Waals surface area contributed by atoms with Gasteiger partial charge in [-0.25, -0.2) is 0 Å². The summed E-state index contributed by atoms with van der Waals surface area (Å²) >= 11 is 1.07. The average Bonchev–Trinajstić information content (AvgIpc) is 2.96. The van der Waals surface area contributed by atoms with Gasteiger partial charge in [-0.15, -0.1) is 10.2 Å². The van der Waals surface area contributed by atoms with E-state index in [4.69, 9.17) is 0 Å². The lowest BCUT2D eigenvalue weighted by atomic mass is 10.1. The smallest absolute Gasteiger partial charge is 0.293 e. The molecule has 0 bridgehead atoms. The molecule has 124 valence electrons. The van der Waals surface area contributed by atoms with E-state index < -0.39 is 17.0 Å². The van der Waals surface area contributed by atoms with Gasteiger partial charge in [0.25, 0.3) is 0 Å². The van der Waals surface area contributed by atoms with Gasteiger partial charge >= 0.3 is 6.18 Å². The highest BCUT2D eigenvalue weighted by Crippen LogP contribution is 2.31. The standard InChI is InChI=1S/C16H12F3N3OS/c1-10(14(23)11-5-3-2-4-6-11)24-15-21-20-13-8-7-12(9-22(13)15)16(17,18)19/h2-10H,1H3. The number of benzene rings is 1. The molecule has 0 radical (unpaired) electrons. The molecule has 4 nitrogen and oxygen atoms in total. The van der Waals surface area contributed by atoms with E-state index in [2.05, 4.69) is 10.2 Å². The lowest BCUT2D eigenvalue weighted by Gasteiger charge is -2.10. The maximum Gasteiger partial charge on any atom is 0.417 e. The summed E-state index contributed by atoms with van der Waals surface area (Å²) < 4.78 is 39.8. The fourth-order valence-electron chi connectivity index (χ4n) is 2.17. The van der Waals surface area contributed by atoms with Crippen LogP contribution in [-0.2, 0) is 6.18 Å². The van der Waals surface area contributed by atoms with Crippen molar-refractivity contribution < 1.29 is 18.0 Å². The molecule has 2 aromatic heterocycles. The summed E-state index contributed by atoms with van der Waals surface area (Å²) in [4.78, 5) is 12.4. The zero-order chi connectivity index (χ0) is 17.3. The number of rotatable bonds is 4. The molecule has 3 aromatic rings. The van der Waals surface area contributed by atoms with Crippen LogP contribution in [-0.4, -0.2) is 25.6 Å². The van der Waals surface area contributed by atoms with Gasteiger partial charge in [0.1, 0.15) is 0 Å². The van der Waals surface area contributed by atoms with Gasteiger partial charge in [0.2, 0.25) is 0 Å². The highest BCUT2D eigenvalue weighted by molar-refractivity contribution is 8.00. The quantitative estimate of drug-likeness (QED) is 0.524. The van der Waals surface area contributed by atoms with E-state index in [1.165, 1.54) is 10.5 Å². The number of alkyl halides is 3. The van der Waals surface area contributed by atoms with E-state index >= 15 is 0 Å². The Labute approximate surface area is 139 Å². The van der Waals surface area contributed by atoms with Crippen molar-refractivity contribution in [1.29, 1.82) is 0 Å². The summed E-state index contributed by atoms with van der Waals surface area (Å²) in [6.07, 6.45) is -3.51. The van der Waals surface area contributed by atoms with Crippen LogP contribution in [0.15, 0.2) is 53.8 Å². The van der Waals surface area contributed by atoms with E-state index in [1.54, 1.807) is 37.3 Å². The maximum absolute atomic E-state index is 12.9. The van der Waals surface area contributed by atoms with E-state index in [0.717, 1.165) is 24.0 Å². The lowest BCUT2D eigenvalue weighted by molar-refractivity contribution is -0.137. The summed E-state index contributed by atoms with van der Waals surface area (Å²) in [5.74, 6) is -0.121. The van der Waals surface area contributed by atoms with Crippen molar-refractivity contribution in [3.8, 4) is 0 Å². The largest absolute Gasteiger partial charge is 0.417 e. The van der Waals surface area contributed by atoms with Crippen LogP contribution in [0.5, 0.6) is 0 Å². The van der Waals surface area contributed by atoms with Crippen molar-refractivity contribution in [3.05, 3.63) is 59.8 Å². The maximum atomic E-state index is 12.9. The number of halogens is 3. The summed E-state index contributed by atoms with van der Waals surface area (Å²) in [5.41, 5.74) is 0.0471. The zero-order valence-corrected chi connectivity index (χ0v) is 13.3. The van der Waals surface area contributed by atoms with Crippen LogP contribution in [0.1, 0.15) is 22.8 Å². The van der Waals surface area contributed by atoms with Crippen LogP contribution in [0.2, 0.25) is 0 Å². The third kappa shape index (κ3) is 3.28. The first kappa shape index (κ1) is 16.5. The van der Waals surface area contributed by atoms with Crippen molar-refractivity contribution in [2.75, 3.05) is 0 Å². The van der Waals surface area contributed by atoms with Crippen LogP contribution in [0, 0.1) is 0 Å². The Bertz CT molecular complexity index is 877. The summed E-state index contributed by atoms with van der Waals surface area (Å²) in [7, 11) is 0. The monoisotopic (exact) mass is 351 g/mol.